The van der Waals surface area contributed by atoms with Gasteiger partial charge in [0.2, 0.25) is 0 Å². The topological polar surface area (TPSA) is 24.9 Å². The molecule has 2 rings (SSSR count). The van der Waals surface area contributed by atoms with Crippen LogP contribution in [0.25, 0.3) is 0 Å². The number of hydrogen-bond donors (Lipinski definition) is 1. The van der Waals surface area contributed by atoms with Crippen LogP contribution in [0.1, 0.15) is 12.0 Å². The molecule has 1 aromatic heterocycles. The van der Waals surface area contributed by atoms with Crippen LogP contribution in [-0.4, -0.2) is 23.3 Å². The smallest absolute Gasteiger partial charge is 0.0963 e. The molecule has 0 amide bonds. The number of nitrogens with one attached hydrogen (secondary N) is 1. The molecule has 0 aromatic carbocycles. The zero-order chi connectivity index (χ0) is 9.10. The summed E-state index contributed by atoms with van der Waals surface area (Å²) in [4.78, 5) is 4.38. The first kappa shape index (κ1) is 11.8. The SMILES string of the molecule is Cc1ccc(SC2CCNC2)nc1.Cl. The van der Waals surface area contributed by atoms with Crippen LogP contribution < -0.4 is 5.32 Å². The normalized spacial score (nSPS) is 20.5. The lowest BCUT2D eigenvalue weighted by molar-refractivity contribution is 0.858. The van der Waals surface area contributed by atoms with Crippen molar-refractivity contribution in [2.75, 3.05) is 13.1 Å². The molecule has 1 saturated heterocycles. The fourth-order valence-electron chi connectivity index (χ4n) is 1.42. The maximum absolute atomic E-state index is 4.38. The second-order valence-corrected chi connectivity index (χ2v) is 4.73. The third kappa shape index (κ3) is 3.15. The zero-order valence-corrected chi connectivity index (χ0v) is 9.83. The first-order valence-electron chi connectivity index (χ1n) is 4.64. The van der Waals surface area contributed by atoms with Crippen LogP contribution in [0.4, 0.5) is 0 Å². The van der Waals surface area contributed by atoms with E-state index in [0.29, 0.717) is 0 Å². The molecule has 0 spiro atoms. The molecule has 1 aliphatic rings. The Kier molecular flexibility index (Phi) is 4.72. The van der Waals surface area contributed by atoms with Gasteiger partial charge in [-0.15, -0.1) is 24.2 Å². The lowest BCUT2D eigenvalue weighted by atomic mass is 10.3. The zero-order valence-electron chi connectivity index (χ0n) is 8.19. The highest BCUT2D eigenvalue weighted by molar-refractivity contribution is 7.99. The first-order valence-corrected chi connectivity index (χ1v) is 5.52. The van der Waals surface area contributed by atoms with E-state index in [9.17, 15) is 0 Å². The summed E-state index contributed by atoms with van der Waals surface area (Å²) in [5, 5.41) is 5.23. The Bertz CT molecular complexity index is 270. The number of aromatic nitrogens is 1. The number of aryl methyl sites for hydroxylation is 1. The number of thioether (sulfide) groups is 1. The van der Waals surface area contributed by atoms with Gasteiger partial charge < -0.3 is 5.32 Å². The van der Waals surface area contributed by atoms with Crippen molar-refractivity contribution in [2.24, 2.45) is 0 Å². The summed E-state index contributed by atoms with van der Waals surface area (Å²) in [6.45, 7) is 4.35. The van der Waals surface area contributed by atoms with Crippen molar-refractivity contribution in [2.45, 2.75) is 23.6 Å². The van der Waals surface area contributed by atoms with Crippen LogP contribution in [0.2, 0.25) is 0 Å². The largest absolute Gasteiger partial charge is 0.316 e. The average molecular weight is 231 g/mol. The Morgan fingerprint density at radius 1 is 1.50 bits per heavy atom. The molecule has 1 aromatic rings. The van der Waals surface area contributed by atoms with Crippen molar-refractivity contribution in [1.29, 1.82) is 0 Å². The number of halogens is 1. The van der Waals surface area contributed by atoms with Crippen LogP contribution in [-0.2, 0) is 0 Å². The predicted molar refractivity (Wildman–Crippen MR) is 63.4 cm³/mol. The first-order chi connectivity index (χ1) is 6.34. The Morgan fingerprint density at radius 3 is 2.93 bits per heavy atom. The van der Waals surface area contributed by atoms with Crippen LogP contribution in [0, 0.1) is 6.92 Å². The highest BCUT2D eigenvalue weighted by Crippen LogP contribution is 2.24. The van der Waals surface area contributed by atoms with Gasteiger partial charge in [-0.3, -0.25) is 0 Å². The summed E-state index contributed by atoms with van der Waals surface area (Å²) in [5.41, 5.74) is 1.23. The van der Waals surface area contributed by atoms with Crippen molar-refractivity contribution in [1.82, 2.24) is 10.3 Å². The van der Waals surface area contributed by atoms with Gasteiger partial charge in [0, 0.05) is 18.0 Å². The maximum Gasteiger partial charge on any atom is 0.0963 e. The van der Waals surface area contributed by atoms with Gasteiger partial charge in [-0.1, -0.05) is 6.07 Å². The van der Waals surface area contributed by atoms with Gasteiger partial charge in [0.25, 0.3) is 0 Å². The van der Waals surface area contributed by atoms with E-state index in [-0.39, 0.29) is 12.4 Å². The minimum absolute atomic E-state index is 0. The highest BCUT2D eigenvalue weighted by Gasteiger charge is 2.15. The Balaban J connectivity index is 0.000000980. The quantitative estimate of drug-likeness (QED) is 0.844. The van der Waals surface area contributed by atoms with E-state index in [2.05, 4.69) is 29.4 Å². The van der Waals surface area contributed by atoms with Crippen molar-refractivity contribution in [3.63, 3.8) is 0 Å². The second-order valence-electron chi connectivity index (χ2n) is 3.41. The van der Waals surface area contributed by atoms with Gasteiger partial charge in [-0.05, 0) is 31.5 Å². The van der Waals surface area contributed by atoms with E-state index in [1.54, 1.807) is 0 Å². The molecule has 0 saturated carbocycles. The predicted octanol–water partition coefficient (Wildman–Crippen LogP) is 2.27. The van der Waals surface area contributed by atoms with E-state index in [1.165, 1.54) is 12.0 Å². The minimum Gasteiger partial charge on any atom is -0.316 e. The standard InChI is InChI=1S/C10H14N2S.ClH/c1-8-2-3-10(12-6-8)13-9-4-5-11-7-9;/h2-3,6,9,11H,4-5,7H2,1H3;1H. The molecule has 1 fully saturated rings. The molecule has 0 aliphatic carbocycles. The van der Waals surface area contributed by atoms with Gasteiger partial charge in [-0.2, -0.15) is 0 Å². The molecule has 78 valence electrons. The van der Waals surface area contributed by atoms with Gasteiger partial charge in [-0.25, -0.2) is 4.98 Å². The lowest BCUT2D eigenvalue weighted by Gasteiger charge is -2.06. The average Bonchev–Trinajstić information content (AvgIpc) is 2.62. The van der Waals surface area contributed by atoms with E-state index in [0.717, 1.165) is 23.4 Å². The monoisotopic (exact) mass is 230 g/mol. The number of pyridine rings is 1. The van der Waals surface area contributed by atoms with E-state index >= 15 is 0 Å². The molecule has 4 heteroatoms. The minimum atomic E-state index is 0. The number of hydrogen-bond acceptors (Lipinski definition) is 3. The Hall–Kier alpha value is -0.250. The Labute approximate surface area is 95.3 Å². The van der Waals surface area contributed by atoms with Crippen LogP contribution >= 0.6 is 24.2 Å². The van der Waals surface area contributed by atoms with E-state index in [4.69, 9.17) is 0 Å². The summed E-state index contributed by atoms with van der Waals surface area (Å²) in [5.74, 6) is 0. The van der Waals surface area contributed by atoms with Crippen molar-refractivity contribution < 1.29 is 0 Å². The molecule has 1 unspecified atom stereocenters. The molecule has 1 atom stereocenters. The highest BCUT2D eigenvalue weighted by atomic mass is 35.5. The summed E-state index contributed by atoms with van der Waals surface area (Å²) in [7, 11) is 0. The summed E-state index contributed by atoms with van der Waals surface area (Å²) in [6.07, 6.45) is 3.20. The molecular formula is C10H15ClN2S. The van der Waals surface area contributed by atoms with Gasteiger partial charge in [0.05, 0.1) is 5.03 Å². The molecule has 1 N–H and O–H groups in total. The third-order valence-electron chi connectivity index (χ3n) is 2.19. The van der Waals surface area contributed by atoms with Crippen molar-refractivity contribution in [3.05, 3.63) is 23.9 Å². The fraction of sp³-hybridized carbons (Fsp3) is 0.500. The Morgan fingerprint density at radius 2 is 2.36 bits per heavy atom. The fourth-order valence-corrected chi connectivity index (χ4v) is 2.46. The molecule has 0 radical (unpaired) electrons. The summed E-state index contributed by atoms with van der Waals surface area (Å²) in [6, 6.07) is 4.23. The molecular weight excluding hydrogens is 216 g/mol. The van der Waals surface area contributed by atoms with E-state index in [1.807, 2.05) is 18.0 Å². The summed E-state index contributed by atoms with van der Waals surface area (Å²) >= 11 is 1.89. The van der Waals surface area contributed by atoms with Crippen LogP contribution in [0.3, 0.4) is 0 Å². The summed E-state index contributed by atoms with van der Waals surface area (Å²) < 4.78 is 0. The second kappa shape index (κ2) is 5.59. The van der Waals surface area contributed by atoms with E-state index < -0.39 is 0 Å². The lowest BCUT2D eigenvalue weighted by Crippen LogP contribution is -2.10. The maximum atomic E-state index is 4.38. The third-order valence-corrected chi connectivity index (χ3v) is 3.41. The number of nitrogens with zero attached hydrogens (tertiary/aromatic N) is 1. The molecule has 0 bridgehead atoms. The van der Waals surface area contributed by atoms with Crippen molar-refractivity contribution in [3.8, 4) is 0 Å². The van der Waals surface area contributed by atoms with Gasteiger partial charge in [0.1, 0.15) is 0 Å². The molecule has 1 aliphatic heterocycles. The van der Waals surface area contributed by atoms with Crippen LogP contribution in [0.15, 0.2) is 23.4 Å². The van der Waals surface area contributed by atoms with Crippen molar-refractivity contribution >= 4 is 24.2 Å². The van der Waals surface area contributed by atoms with Crippen LogP contribution in [0.5, 0.6) is 0 Å². The van der Waals surface area contributed by atoms with Gasteiger partial charge >= 0.3 is 0 Å². The molecule has 14 heavy (non-hydrogen) atoms. The van der Waals surface area contributed by atoms with Gasteiger partial charge in [0.15, 0.2) is 0 Å². The number of rotatable bonds is 2. The molecule has 2 heterocycles. The molecule has 2 nitrogen and oxygen atoms in total.